The van der Waals surface area contributed by atoms with Gasteiger partial charge >= 0.3 is 37.6 Å². The van der Waals surface area contributed by atoms with Crippen LogP contribution >= 0.6 is 0 Å². The molecular formula is C24H29Cl2OTi-2. The Balaban J connectivity index is 0. The van der Waals surface area contributed by atoms with Crippen molar-refractivity contribution in [2.75, 3.05) is 0 Å². The van der Waals surface area contributed by atoms with Crippen LogP contribution in [0, 0.1) is 6.08 Å². The summed E-state index contributed by atoms with van der Waals surface area (Å²) in [6.45, 7) is 10.5. The molecular weight excluding hydrogens is 423 g/mol. The molecule has 0 fully saturated rings. The number of rotatable bonds is 1. The van der Waals surface area contributed by atoms with Crippen LogP contribution in [0.2, 0.25) is 0 Å². The number of phenolic OH excluding ortho intramolecular Hbond substituents is 1. The Kier molecular flexibility index (Phi) is 15.4. The van der Waals surface area contributed by atoms with Crippen molar-refractivity contribution in [1.82, 2.24) is 0 Å². The van der Waals surface area contributed by atoms with E-state index in [4.69, 9.17) is 0 Å². The van der Waals surface area contributed by atoms with Gasteiger partial charge in [0.15, 0.2) is 0 Å². The molecule has 0 unspecified atom stereocenters. The molecule has 1 aliphatic carbocycles. The summed E-state index contributed by atoms with van der Waals surface area (Å²) in [4.78, 5) is 0. The molecule has 0 heterocycles. The molecule has 3 rings (SSSR count). The molecule has 0 bridgehead atoms. The Morgan fingerprint density at radius 1 is 0.964 bits per heavy atom. The third-order valence-corrected chi connectivity index (χ3v) is 3.49. The molecule has 0 saturated heterocycles. The number of halogens is 2. The van der Waals surface area contributed by atoms with Crippen LogP contribution in [0.1, 0.15) is 52.2 Å². The van der Waals surface area contributed by atoms with E-state index >= 15 is 0 Å². The first-order chi connectivity index (χ1) is 12.2. The van der Waals surface area contributed by atoms with Gasteiger partial charge in [0.1, 0.15) is 5.75 Å². The van der Waals surface area contributed by atoms with Crippen LogP contribution in [0.5, 0.6) is 5.75 Å². The number of aromatic hydroxyl groups is 1. The van der Waals surface area contributed by atoms with Crippen LogP contribution in [-0.2, 0) is 25.4 Å². The van der Waals surface area contributed by atoms with Gasteiger partial charge < -0.3 is 29.9 Å². The van der Waals surface area contributed by atoms with Gasteiger partial charge in [-0.2, -0.15) is 17.7 Å². The van der Waals surface area contributed by atoms with Crippen molar-refractivity contribution in [3.05, 3.63) is 84.0 Å². The van der Waals surface area contributed by atoms with Gasteiger partial charge in [-0.1, -0.05) is 57.5 Å². The van der Waals surface area contributed by atoms with E-state index in [2.05, 4.69) is 97.1 Å². The molecule has 4 heteroatoms. The van der Waals surface area contributed by atoms with E-state index in [0.717, 1.165) is 12.0 Å². The van der Waals surface area contributed by atoms with Crippen molar-refractivity contribution in [3.8, 4) is 5.75 Å². The van der Waals surface area contributed by atoms with Crippen molar-refractivity contribution in [2.45, 2.75) is 46.5 Å². The molecule has 0 spiro atoms. The van der Waals surface area contributed by atoms with Gasteiger partial charge in [-0.05, 0) is 23.1 Å². The predicted molar refractivity (Wildman–Crippen MR) is 110 cm³/mol. The second-order valence-electron chi connectivity index (χ2n) is 7.36. The van der Waals surface area contributed by atoms with Gasteiger partial charge in [0.2, 0.25) is 0 Å². The Morgan fingerprint density at radius 3 is 1.93 bits per heavy atom. The zero-order chi connectivity index (χ0) is 19.6. The minimum Gasteiger partial charge on any atom is -1.00 e. The SMILES string of the molecule is CC(C)(C)c1cccc(O)c1.C[C](C)=[Ti+].[C-]1=C(c2ccccc2)C=CC1.[Cl-].[Cl-]. The maximum absolute atomic E-state index is 9.18. The van der Waals surface area contributed by atoms with E-state index in [0.29, 0.717) is 5.75 Å². The normalized spacial score (nSPS) is 11.5. The molecule has 0 amide bonds. The van der Waals surface area contributed by atoms with Gasteiger partial charge in [-0.15, -0.1) is 23.8 Å². The van der Waals surface area contributed by atoms with E-state index in [1.165, 1.54) is 14.9 Å². The Morgan fingerprint density at radius 2 is 1.54 bits per heavy atom. The molecule has 1 nitrogen and oxygen atoms in total. The Bertz CT molecular complexity index is 756. The molecule has 28 heavy (non-hydrogen) atoms. The topological polar surface area (TPSA) is 20.2 Å². The average Bonchev–Trinajstić information content (AvgIpc) is 3.09. The number of hydrogen-bond acceptors (Lipinski definition) is 1. The van der Waals surface area contributed by atoms with Crippen molar-refractivity contribution in [2.24, 2.45) is 0 Å². The molecule has 0 aromatic heterocycles. The quantitative estimate of drug-likeness (QED) is 0.487. The molecule has 0 radical (unpaired) electrons. The smallest absolute Gasteiger partial charge is 0.0643 e. The second-order valence-corrected chi connectivity index (χ2v) is 8.92. The first kappa shape index (κ1) is 29.1. The predicted octanol–water partition coefficient (Wildman–Crippen LogP) is 0.276. The summed E-state index contributed by atoms with van der Waals surface area (Å²) in [5, 5.41) is 9.18. The summed E-state index contributed by atoms with van der Waals surface area (Å²) in [5.41, 5.74) is 3.78. The first-order valence-corrected chi connectivity index (χ1v) is 9.62. The van der Waals surface area contributed by atoms with Gasteiger partial charge in [0.05, 0.1) is 0 Å². The molecule has 1 aliphatic rings. The zero-order valence-corrected chi connectivity index (χ0v) is 20.3. The van der Waals surface area contributed by atoms with Crippen molar-refractivity contribution in [1.29, 1.82) is 0 Å². The first-order valence-electron chi connectivity index (χ1n) is 8.84. The summed E-state index contributed by atoms with van der Waals surface area (Å²) < 4.78 is 1.42. The summed E-state index contributed by atoms with van der Waals surface area (Å²) >= 11 is 2.08. The van der Waals surface area contributed by atoms with Crippen LogP contribution in [0.3, 0.4) is 0 Å². The molecule has 2 aromatic carbocycles. The van der Waals surface area contributed by atoms with Crippen LogP contribution in [0.25, 0.3) is 5.57 Å². The fourth-order valence-corrected chi connectivity index (χ4v) is 2.19. The van der Waals surface area contributed by atoms with Gasteiger partial charge in [-0.3, -0.25) is 0 Å². The van der Waals surface area contributed by atoms with Crippen LogP contribution in [-0.4, -0.2) is 8.92 Å². The Labute approximate surface area is 194 Å². The maximum Gasteiger partial charge on any atom is -0.0643 e. The number of phenols is 1. The van der Waals surface area contributed by atoms with Crippen molar-refractivity contribution in [3.63, 3.8) is 0 Å². The summed E-state index contributed by atoms with van der Waals surface area (Å²) in [6, 6.07) is 17.7. The molecule has 0 saturated carbocycles. The van der Waals surface area contributed by atoms with Gasteiger partial charge in [-0.25, -0.2) is 0 Å². The van der Waals surface area contributed by atoms with E-state index in [-0.39, 0.29) is 30.2 Å². The fraction of sp³-hybridized carbons (Fsp3) is 0.292. The summed E-state index contributed by atoms with van der Waals surface area (Å²) in [7, 11) is 0. The number of benzene rings is 2. The molecule has 151 valence electrons. The van der Waals surface area contributed by atoms with Gasteiger partial charge in [0.25, 0.3) is 0 Å². The third kappa shape index (κ3) is 12.4. The number of allylic oxidation sites excluding steroid dienone is 4. The fourth-order valence-electron chi connectivity index (χ4n) is 2.19. The van der Waals surface area contributed by atoms with E-state index in [9.17, 15) is 5.11 Å². The van der Waals surface area contributed by atoms with Crippen LogP contribution < -0.4 is 24.8 Å². The summed E-state index contributed by atoms with van der Waals surface area (Å²) in [5.74, 6) is 0.345. The van der Waals surface area contributed by atoms with Gasteiger partial charge in [0, 0.05) is 0 Å². The minimum atomic E-state index is 0. The van der Waals surface area contributed by atoms with Crippen molar-refractivity contribution < 1.29 is 49.9 Å². The number of hydrogen-bond donors (Lipinski definition) is 1. The van der Waals surface area contributed by atoms with Crippen molar-refractivity contribution >= 4 is 9.38 Å². The molecule has 0 aliphatic heterocycles. The van der Waals surface area contributed by atoms with E-state index < -0.39 is 0 Å². The molecule has 2 aromatic rings. The zero-order valence-electron chi connectivity index (χ0n) is 17.3. The molecule has 0 atom stereocenters. The minimum absolute atomic E-state index is 0. The molecule has 1 N–H and O–H groups in total. The largest absolute Gasteiger partial charge is 1.00 e. The second kappa shape index (κ2) is 14.8. The van der Waals surface area contributed by atoms with E-state index in [1.54, 1.807) is 12.1 Å². The average molecular weight is 452 g/mol. The summed E-state index contributed by atoms with van der Waals surface area (Å²) in [6.07, 6.45) is 8.49. The standard InChI is InChI=1S/C11H9.C10H14O.C3H6.2ClH.Ti/c1-2-6-10(7-3-1)11-8-4-5-9-11;1-10(2,3)8-5-4-6-9(11)7-8;1-3-2;;;/h1-4,6-8H,5H2;4-7,11H,1-3H3;1-2H3;2*1H;/q-1;;;;;+1/p-2. The Hall–Kier alpha value is -1.12. The van der Waals surface area contributed by atoms with Crippen LogP contribution in [0.4, 0.5) is 0 Å². The third-order valence-electron chi connectivity index (χ3n) is 3.49. The van der Waals surface area contributed by atoms with E-state index in [1.807, 2.05) is 18.2 Å². The van der Waals surface area contributed by atoms with Crippen LogP contribution in [0.15, 0.2) is 66.7 Å². The monoisotopic (exact) mass is 451 g/mol. The maximum atomic E-state index is 9.18.